The zero-order valence-electron chi connectivity index (χ0n) is 10.4. The van der Waals surface area contributed by atoms with Gasteiger partial charge in [-0.25, -0.2) is 9.78 Å². The molecule has 0 aliphatic carbocycles. The first kappa shape index (κ1) is 16.7. The van der Waals surface area contributed by atoms with E-state index in [-0.39, 0.29) is 30.8 Å². The first-order chi connectivity index (χ1) is 9.88. The minimum atomic E-state index is -0.550. The van der Waals surface area contributed by atoms with E-state index in [4.69, 9.17) is 58.0 Å². The molecule has 0 bridgehead atoms. The summed E-state index contributed by atoms with van der Waals surface area (Å²) in [5.41, 5.74) is 1.08. The van der Waals surface area contributed by atoms with Crippen molar-refractivity contribution >= 4 is 64.0 Å². The molecule has 0 saturated heterocycles. The van der Waals surface area contributed by atoms with Crippen LogP contribution in [0.5, 0.6) is 0 Å². The van der Waals surface area contributed by atoms with Crippen molar-refractivity contribution in [2.24, 2.45) is 0 Å². The molecule has 0 N–H and O–H groups in total. The topological polar surface area (TPSA) is 39.2 Å². The number of carbonyl (C=O) groups is 1. The molecule has 3 nitrogen and oxygen atoms in total. The zero-order valence-corrected chi connectivity index (χ0v) is 14.2. The molecule has 0 unspecified atom stereocenters. The van der Waals surface area contributed by atoms with Gasteiger partial charge in [0.25, 0.3) is 0 Å². The first-order valence-electron chi connectivity index (χ1n) is 5.44. The molecule has 0 spiro atoms. The number of aromatic nitrogens is 1. The maximum absolute atomic E-state index is 11.4. The summed E-state index contributed by atoms with van der Waals surface area (Å²) >= 11 is 30.3. The van der Waals surface area contributed by atoms with Crippen LogP contribution in [0.15, 0.2) is 18.3 Å². The molecule has 0 saturated carbocycles. The molecule has 1 aromatic heterocycles. The van der Waals surface area contributed by atoms with E-state index in [0.717, 1.165) is 0 Å². The molecule has 1 aromatic carbocycles. The summed E-state index contributed by atoms with van der Waals surface area (Å²) in [6, 6.07) is 3.08. The second-order valence-corrected chi connectivity index (χ2v) is 5.76. The van der Waals surface area contributed by atoms with Gasteiger partial charge in [0, 0.05) is 17.3 Å². The average Bonchev–Trinajstić information content (AvgIpc) is 2.51. The van der Waals surface area contributed by atoms with E-state index in [1.807, 2.05) is 0 Å². The molecular formula is C13H6Cl5NO2. The van der Waals surface area contributed by atoms with Gasteiger partial charge >= 0.3 is 5.97 Å². The Morgan fingerprint density at radius 3 is 1.90 bits per heavy atom. The number of benzene rings is 1. The number of ether oxygens (including phenoxy) is 1. The fraction of sp³-hybridized carbons (Fsp3) is 0.0769. The van der Waals surface area contributed by atoms with E-state index in [9.17, 15) is 4.79 Å². The van der Waals surface area contributed by atoms with Crippen LogP contribution in [0, 0.1) is 0 Å². The van der Waals surface area contributed by atoms with Gasteiger partial charge in [-0.2, -0.15) is 0 Å². The summed E-state index contributed by atoms with van der Waals surface area (Å²) in [6.45, 7) is 0. The maximum Gasteiger partial charge on any atom is 0.356 e. The van der Waals surface area contributed by atoms with Crippen LogP contribution >= 0.6 is 58.0 Å². The van der Waals surface area contributed by atoms with Gasteiger partial charge in [-0.1, -0.05) is 64.1 Å². The third kappa shape index (κ3) is 3.08. The summed E-state index contributed by atoms with van der Waals surface area (Å²) in [4.78, 5) is 15.3. The lowest BCUT2D eigenvalue weighted by Gasteiger charge is -2.12. The van der Waals surface area contributed by atoms with Crippen LogP contribution < -0.4 is 0 Å². The van der Waals surface area contributed by atoms with Crippen molar-refractivity contribution in [1.82, 2.24) is 4.98 Å². The fourth-order valence-corrected chi connectivity index (χ4v) is 2.98. The van der Waals surface area contributed by atoms with Gasteiger partial charge in [0.05, 0.1) is 32.2 Å². The van der Waals surface area contributed by atoms with Gasteiger partial charge in [0.15, 0.2) is 0 Å². The molecule has 0 aliphatic rings. The summed E-state index contributed by atoms with van der Waals surface area (Å²) in [5, 5.41) is 0.586. The Hall–Kier alpha value is -0.710. The predicted octanol–water partition coefficient (Wildman–Crippen LogP) is 5.80. The fourth-order valence-electron chi connectivity index (χ4n) is 1.63. The first-order valence-corrected chi connectivity index (χ1v) is 7.33. The predicted molar refractivity (Wildman–Crippen MR) is 86.1 cm³/mol. The van der Waals surface area contributed by atoms with Gasteiger partial charge in [0.1, 0.15) is 5.69 Å². The van der Waals surface area contributed by atoms with Gasteiger partial charge in [-0.05, 0) is 6.07 Å². The van der Waals surface area contributed by atoms with Crippen LogP contribution in [0.25, 0.3) is 11.1 Å². The second kappa shape index (κ2) is 6.59. The van der Waals surface area contributed by atoms with Crippen molar-refractivity contribution in [3.05, 3.63) is 49.1 Å². The van der Waals surface area contributed by atoms with E-state index < -0.39 is 5.97 Å². The van der Waals surface area contributed by atoms with E-state index >= 15 is 0 Å². The summed E-state index contributed by atoms with van der Waals surface area (Å²) in [6.07, 6.45) is 1.42. The number of esters is 1. The molecule has 8 heteroatoms. The molecule has 2 aromatic rings. The molecule has 0 radical (unpaired) electrons. The summed E-state index contributed by atoms with van der Waals surface area (Å²) in [7, 11) is 1.27. The number of nitrogens with zero attached hydrogens (tertiary/aromatic N) is 1. The molecule has 0 aliphatic heterocycles. The lowest BCUT2D eigenvalue weighted by molar-refractivity contribution is 0.0594. The number of hydrogen-bond donors (Lipinski definition) is 0. The maximum atomic E-state index is 11.4. The molecule has 0 fully saturated rings. The van der Waals surface area contributed by atoms with Crippen molar-refractivity contribution in [2.75, 3.05) is 7.11 Å². The highest BCUT2D eigenvalue weighted by molar-refractivity contribution is 6.56. The monoisotopic (exact) mass is 383 g/mol. The number of carbonyl (C=O) groups excluding carboxylic acids is 1. The molecule has 0 atom stereocenters. The highest BCUT2D eigenvalue weighted by Crippen LogP contribution is 2.47. The largest absolute Gasteiger partial charge is 0.464 e. The van der Waals surface area contributed by atoms with E-state index in [2.05, 4.69) is 9.72 Å². The van der Waals surface area contributed by atoms with E-state index in [1.165, 1.54) is 19.4 Å². The van der Waals surface area contributed by atoms with E-state index in [1.54, 1.807) is 6.07 Å². The van der Waals surface area contributed by atoms with Crippen LogP contribution in [0.3, 0.4) is 0 Å². The van der Waals surface area contributed by atoms with Crippen molar-refractivity contribution in [1.29, 1.82) is 0 Å². The van der Waals surface area contributed by atoms with Crippen molar-refractivity contribution in [3.8, 4) is 11.1 Å². The normalized spacial score (nSPS) is 10.6. The third-order valence-corrected chi connectivity index (χ3v) is 4.93. The third-order valence-electron chi connectivity index (χ3n) is 2.66. The lowest BCUT2D eigenvalue weighted by Crippen LogP contribution is -2.03. The minimum Gasteiger partial charge on any atom is -0.464 e. The van der Waals surface area contributed by atoms with Crippen LogP contribution in [-0.2, 0) is 4.74 Å². The summed E-state index contributed by atoms with van der Waals surface area (Å²) in [5.74, 6) is -0.550. The second-order valence-electron chi connectivity index (χ2n) is 3.87. The molecular weight excluding hydrogens is 379 g/mol. The van der Waals surface area contributed by atoms with Crippen LogP contribution in [-0.4, -0.2) is 18.1 Å². The number of hydrogen-bond acceptors (Lipinski definition) is 3. The Morgan fingerprint density at radius 2 is 1.48 bits per heavy atom. The van der Waals surface area contributed by atoms with Gasteiger partial charge in [0.2, 0.25) is 0 Å². The molecule has 1 heterocycles. The molecule has 0 amide bonds. The van der Waals surface area contributed by atoms with Gasteiger partial charge in [-0.15, -0.1) is 0 Å². The Labute approximate surface area is 145 Å². The highest BCUT2D eigenvalue weighted by Gasteiger charge is 2.21. The van der Waals surface area contributed by atoms with Crippen molar-refractivity contribution in [2.45, 2.75) is 0 Å². The zero-order chi connectivity index (χ0) is 15.7. The number of rotatable bonds is 2. The Kier molecular flexibility index (Phi) is 5.23. The Morgan fingerprint density at radius 1 is 0.952 bits per heavy atom. The van der Waals surface area contributed by atoms with Crippen LogP contribution in [0.4, 0.5) is 0 Å². The van der Waals surface area contributed by atoms with Crippen LogP contribution in [0.2, 0.25) is 25.1 Å². The average molecular weight is 385 g/mol. The Bertz CT molecular complexity index is 686. The van der Waals surface area contributed by atoms with Gasteiger partial charge < -0.3 is 4.74 Å². The smallest absolute Gasteiger partial charge is 0.356 e. The van der Waals surface area contributed by atoms with Crippen molar-refractivity contribution < 1.29 is 9.53 Å². The highest BCUT2D eigenvalue weighted by atomic mass is 35.5. The minimum absolute atomic E-state index is 0.0798. The van der Waals surface area contributed by atoms with Gasteiger partial charge in [-0.3, -0.25) is 0 Å². The molecule has 110 valence electrons. The number of pyridine rings is 1. The summed E-state index contributed by atoms with van der Waals surface area (Å²) < 4.78 is 4.57. The standard InChI is InChI=1S/C13H6Cl5NO2/c1-21-13(20)6-3-2-5(4-19-6)7-8(14)10(16)12(18)11(17)9(7)15/h2-4H,1H3. The molecule has 21 heavy (non-hydrogen) atoms. The van der Waals surface area contributed by atoms with Crippen LogP contribution in [0.1, 0.15) is 10.5 Å². The number of methoxy groups -OCH3 is 1. The molecule has 2 rings (SSSR count). The number of halogens is 5. The SMILES string of the molecule is COC(=O)c1ccc(-c2c(Cl)c(Cl)c(Cl)c(Cl)c2Cl)cn1. The quantitative estimate of drug-likeness (QED) is 0.372. The van der Waals surface area contributed by atoms with E-state index in [0.29, 0.717) is 11.1 Å². The Balaban J connectivity index is 2.60. The van der Waals surface area contributed by atoms with Crippen molar-refractivity contribution in [3.63, 3.8) is 0 Å². The lowest BCUT2D eigenvalue weighted by atomic mass is 10.1.